The van der Waals surface area contributed by atoms with Crippen molar-refractivity contribution in [2.24, 2.45) is 5.92 Å². The van der Waals surface area contributed by atoms with E-state index in [0.717, 1.165) is 19.1 Å². The Labute approximate surface area is 110 Å². The molecule has 0 bridgehead atoms. The third-order valence-electron chi connectivity index (χ3n) is 3.19. The van der Waals surface area contributed by atoms with Crippen molar-refractivity contribution in [2.45, 2.75) is 32.2 Å². The largest absolute Gasteiger partial charge is 0.480 e. The van der Waals surface area contributed by atoms with E-state index < -0.39 is 17.5 Å². The molecule has 1 heterocycles. The summed E-state index contributed by atoms with van der Waals surface area (Å²) in [7, 11) is 0. The van der Waals surface area contributed by atoms with Crippen LogP contribution < -0.4 is 5.32 Å². The summed E-state index contributed by atoms with van der Waals surface area (Å²) in [5.74, 6) is -1.52. The quantitative estimate of drug-likeness (QED) is 0.754. The van der Waals surface area contributed by atoms with Crippen LogP contribution in [0.3, 0.4) is 0 Å². The zero-order valence-electron chi connectivity index (χ0n) is 10.8. The van der Waals surface area contributed by atoms with Crippen molar-refractivity contribution >= 4 is 18.0 Å². The number of hydrogen-bond acceptors (Lipinski definition) is 6. The highest BCUT2D eigenvalue weighted by Gasteiger charge is 2.48. The van der Waals surface area contributed by atoms with Crippen LogP contribution >= 0.6 is 0 Å². The number of carboxylic acid groups (broad SMARTS) is 1. The number of esters is 1. The van der Waals surface area contributed by atoms with E-state index in [1.54, 1.807) is 13.8 Å². The Morgan fingerprint density at radius 2 is 2.32 bits per heavy atom. The number of nitrogens with one attached hydrogen (secondary N) is 1. The molecule has 1 fully saturated rings. The fourth-order valence-corrected chi connectivity index (χ4v) is 1.84. The summed E-state index contributed by atoms with van der Waals surface area (Å²) in [4.78, 5) is 26.6. The minimum atomic E-state index is -1.13. The Hall–Kier alpha value is -2.05. The predicted octanol–water partition coefficient (Wildman–Crippen LogP) is 1.52. The number of rotatable bonds is 6. The van der Waals surface area contributed by atoms with Gasteiger partial charge in [-0.15, -0.1) is 0 Å². The van der Waals surface area contributed by atoms with Gasteiger partial charge < -0.3 is 19.6 Å². The third-order valence-corrected chi connectivity index (χ3v) is 3.19. The molecule has 1 atom stereocenters. The van der Waals surface area contributed by atoms with Gasteiger partial charge in [-0.3, -0.25) is 0 Å². The molecule has 1 aromatic heterocycles. The van der Waals surface area contributed by atoms with Crippen LogP contribution in [-0.2, 0) is 9.53 Å². The number of carbonyl (C=O) groups excluding carboxylic acids is 1. The fourth-order valence-electron chi connectivity index (χ4n) is 1.84. The van der Waals surface area contributed by atoms with Gasteiger partial charge in [0.05, 0.1) is 6.61 Å². The maximum absolute atomic E-state index is 11.4. The van der Waals surface area contributed by atoms with Crippen molar-refractivity contribution in [3.63, 3.8) is 0 Å². The topological polar surface area (TPSA) is 102 Å². The maximum atomic E-state index is 11.4. The first-order chi connectivity index (χ1) is 8.97. The third kappa shape index (κ3) is 2.69. The average Bonchev–Trinajstić information content (AvgIpc) is 3.11. The minimum absolute atomic E-state index is 0.0138. The second-order valence-electron chi connectivity index (χ2n) is 4.67. The fraction of sp³-hybridized carbons (Fsp3) is 0.583. The summed E-state index contributed by atoms with van der Waals surface area (Å²) in [6, 6.07) is 0.0138. The number of aliphatic carboxylic acids is 1. The van der Waals surface area contributed by atoms with E-state index in [1.165, 1.54) is 0 Å². The van der Waals surface area contributed by atoms with E-state index >= 15 is 0 Å². The highest BCUT2D eigenvalue weighted by Crippen LogP contribution is 2.41. The molecule has 0 aliphatic heterocycles. The molecule has 1 saturated carbocycles. The van der Waals surface area contributed by atoms with Crippen molar-refractivity contribution in [2.75, 3.05) is 11.9 Å². The van der Waals surface area contributed by atoms with Crippen LogP contribution in [-0.4, -0.2) is 34.2 Å². The number of ether oxygens (including phenoxy) is 1. The Bertz CT molecular complexity index is 494. The first kappa shape index (κ1) is 13.4. The minimum Gasteiger partial charge on any atom is -0.480 e. The zero-order valence-corrected chi connectivity index (χ0v) is 10.8. The van der Waals surface area contributed by atoms with Crippen LogP contribution in [0.15, 0.2) is 10.7 Å². The lowest BCUT2D eigenvalue weighted by atomic mass is 9.96. The van der Waals surface area contributed by atoms with E-state index in [0.29, 0.717) is 0 Å². The van der Waals surface area contributed by atoms with Gasteiger partial charge in [0.2, 0.25) is 0 Å². The van der Waals surface area contributed by atoms with Gasteiger partial charge in [-0.05, 0) is 32.6 Å². The molecule has 2 rings (SSSR count). The molecular formula is C12H16N2O5. The number of carboxylic acids is 1. The smallest absolute Gasteiger partial charge is 0.360 e. The molecule has 0 aromatic carbocycles. The monoisotopic (exact) mass is 268 g/mol. The highest BCUT2D eigenvalue weighted by molar-refractivity contribution is 5.87. The number of aromatic nitrogens is 1. The number of hydrogen-bond donors (Lipinski definition) is 2. The molecule has 0 spiro atoms. The van der Waals surface area contributed by atoms with E-state index in [9.17, 15) is 14.7 Å². The standard InChI is InChI=1S/C12H16N2O5/c1-3-18-9(15)8-6-19-11(13-8)14-12(2,10(16)17)7-4-5-7/h6-7H,3-5H2,1-2H3,(H,13,14)(H,16,17). The number of nitrogens with zero attached hydrogens (tertiary/aromatic N) is 1. The van der Waals surface area contributed by atoms with Crippen molar-refractivity contribution in [3.05, 3.63) is 12.0 Å². The Morgan fingerprint density at radius 3 is 2.84 bits per heavy atom. The van der Waals surface area contributed by atoms with Gasteiger partial charge in [-0.1, -0.05) is 0 Å². The molecule has 7 heteroatoms. The van der Waals surface area contributed by atoms with Gasteiger partial charge in [-0.2, -0.15) is 4.98 Å². The van der Waals surface area contributed by atoms with Crippen molar-refractivity contribution in [1.29, 1.82) is 0 Å². The van der Waals surface area contributed by atoms with Gasteiger partial charge in [0.15, 0.2) is 5.69 Å². The van der Waals surface area contributed by atoms with E-state index in [4.69, 9.17) is 9.15 Å². The Kier molecular flexibility index (Phi) is 3.46. The van der Waals surface area contributed by atoms with Gasteiger partial charge in [0, 0.05) is 0 Å². The van der Waals surface area contributed by atoms with Crippen molar-refractivity contribution in [1.82, 2.24) is 4.98 Å². The van der Waals surface area contributed by atoms with Crippen LogP contribution in [0.1, 0.15) is 37.2 Å². The van der Waals surface area contributed by atoms with Gasteiger partial charge in [0.25, 0.3) is 6.01 Å². The molecule has 0 saturated heterocycles. The molecular weight excluding hydrogens is 252 g/mol. The Balaban J connectivity index is 2.10. The summed E-state index contributed by atoms with van der Waals surface area (Å²) >= 11 is 0. The molecule has 1 aliphatic rings. The van der Waals surface area contributed by atoms with Crippen LogP contribution in [0.4, 0.5) is 6.01 Å². The van der Waals surface area contributed by atoms with E-state index in [-0.39, 0.29) is 24.2 Å². The van der Waals surface area contributed by atoms with Gasteiger partial charge in [0.1, 0.15) is 11.8 Å². The first-order valence-electron chi connectivity index (χ1n) is 6.11. The molecule has 2 N–H and O–H groups in total. The molecule has 7 nitrogen and oxygen atoms in total. The highest BCUT2D eigenvalue weighted by atomic mass is 16.5. The normalized spacial score (nSPS) is 17.6. The summed E-state index contributed by atoms with van der Waals surface area (Å²) < 4.78 is 9.84. The van der Waals surface area contributed by atoms with Crippen molar-refractivity contribution < 1.29 is 23.8 Å². The predicted molar refractivity (Wildman–Crippen MR) is 64.8 cm³/mol. The second-order valence-corrected chi connectivity index (χ2v) is 4.67. The SMILES string of the molecule is CCOC(=O)c1coc(NC(C)(C(=O)O)C2CC2)n1. The summed E-state index contributed by atoms with van der Waals surface area (Å²) in [6.45, 7) is 3.51. The summed E-state index contributed by atoms with van der Waals surface area (Å²) in [5.41, 5.74) is -1.11. The Morgan fingerprint density at radius 1 is 1.63 bits per heavy atom. The van der Waals surface area contributed by atoms with Crippen molar-refractivity contribution in [3.8, 4) is 0 Å². The average molecular weight is 268 g/mol. The number of anilines is 1. The number of carbonyl (C=O) groups is 2. The van der Waals surface area contributed by atoms with Crippen LogP contribution in [0, 0.1) is 5.92 Å². The molecule has 1 aromatic rings. The van der Waals surface area contributed by atoms with Gasteiger partial charge >= 0.3 is 11.9 Å². The lowest BCUT2D eigenvalue weighted by molar-refractivity contribution is -0.142. The molecule has 1 aliphatic carbocycles. The molecule has 104 valence electrons. The van der Waals surface area contributed by atoms with Gasteiger partial charge in [-0.25, -0.2) is 9.59 Å². The second kappa shape index (κ2) is 4.91. The van der Waals surface area contributed by atoms with Crippen LogP contribution in [0.25, 0.3) is 0 Å². The van der Waals surface area contributed by atoms with E-state index in [2.05, 4.69) is 10.3 Å². The molecule has 1 unspecified atom stereocenters. The summed E-state index contributed by atoms with van der Waals surface area (Å²) in [6.07, 6.45) is 2.85. The molecule has 19 heavy (non-hydrogen) atoms. The van der Waals surface area contributed by atoms with Crippen LogP contribution in [0.2, 0.25) is 0 Å². The maximum Gasteiger partial charge on any atom is 0.360 e. The molecule has 0 amide bonds. The van der Waals surface area contributed by atoms with E-state index in [1.807, 2.05) is 0 Å². The first-order valence-corrected chi connectivity index (χ1v) is 6.11. The number of oxazole rings is 1. The lowest BCUT2D eigenvalue weighted by Gasteiger charge is -2.24. The lowest BCUT2D eigenvalue weighted by Crippen LogP contribution is -2.45. The molecule has 0 radical (unpaired) electrons. The zero-order chi connectivity index (χ0) is 14.0. The summed E-state index contributed by atoms with van der Waals surface area (Å²) in [5, 5.41) is 12.0. The van der Waals surface area contributed by atoms with Crippen LogP contribution in [0.5, 0.6) is 0 Å².